The molecule has 9 heteroatoms. The second-order valence-electron chi connectivity index (χ2n) is 8.22. The molecule has 0 saturated carbocycles. The normalized spacial score (nSPS) is 19.7. The van der Waals surface area contributed by atoms with Crippen molar-refractivity contribution >= 4 is 34.6 Å². The van der Waals surface area contributed by atoms with Crippen LogP contribution in [0.2, 0.25) is 0 Å². The average molecular weight is 462 g/mol. The van der Waals surface area contributed by atoms with E-state index in [0.29, 0.717) is 37.4 Å². The van der Waals surface area contributed by atoms with E-state index < -0.39 is 17.6 Å². The van der Waals surface area contributed by atoms with Crippen molar-refractivity contribution in [1.29, 1.82) is 0 Å². The number of benzene rings is 1. The van der Waals surface area contributed by atoms with Gasteiger partial charge in [0.25, 0.3) is 11.8 Å². The summed E-state index contributed by atoms with van der Waals surface area (Å²) in [5, 5.41) is 5.99. The van der Waals surface area contributed by atoms with E-state index in [9.17, 15) is 14.4 Å². The van der Waals surface area contributed by atoms with Crippen molar-refractivity contribution in [2.75, 3.05) is 31.5 Å². The highest BCUT2D eigenvalue weighted by Crippen LogP contribution is 2.39. The molecule has 4 heterocycles. The van der Waals surface area contributed by atoms with Crippen molar-refractivity contribution in [3.05, 3.63) is 65.4 Å². The zero-order chi connectivity index (χ0) is 22.9. The van der Waals surface area contributed by atoms with Gasteiger partial charge >= 0.3 is 0 Å². The quantitative estimate of drug-likeness (QED) is 0.600. The van der Waals surface area contributed by atoms with Crippen molar-refractivity contribution in [3.63, 3.8) is 0 Å². The Labute approximate surface area is 195 Å². The summed E-state index contributed by atoms with van der Waals surface area (Å²) in [5.41, 5.74) is 2.87. The van der Waals surface area contributed by atoms with E-state index in [0.717, 1.165) is 16.3 Å². The summed E-state index contributed by atoms with van der Waals surface area (Å²) in [6, 6.07) is 10.7. The number of carbonyl (C=O) groups excluding carboxylic acids is 3. The van der Waals surface area contributed by atoms with E-state index in [-0.39, 0.29) is 11.9 Å². The molecule has 8 nitrogen and oxygen atoms in total. The van der Waals surface area contributed by atoms with Crippen molar-refractivity contribution < 1.29 is 14.4 Å². The van der Waals surface area contributed by atoms with Gasteiger partial charge in [-0.2, -0.15) is 0 Å². The van der Waals surface area contributed by atoms with Crippen LogP contribution in [0.25, 0.3) is 10.6 Å². The minimum absolute atomic E-state index is 0.0614. The monoisotopic (exact) mass is 461 g/mol. The number of rotatable bonds is 4. The molecular weight excluding hydrogens is 438 g/mol. The van der Waals surface area contributed by atoms with Crippen molar-refractivity contribution in [1.82, 2.24) is 19.8 Å². The Morgan fingerprint density at radius 2 is 1.88 bits per heavy atom. The van der Waals surface area contributed by atoms with Gasteiger partial charge in [-0.25, -0.2) is 4.98 Å². The molecule has 1 fully saturated rings. The highest BCUT2D eigenvalue weighted by molar-refractivity contribution is 7.13. The van der Waals surface area contributed by atoms with Crippen LogP contribution in [0.1, 0.15) is 28.9 Å². The van der Waals surface area contributed by atoms with Gasteiger partial charge in [-0.15, -0.1) is 11.3 Å². The average Bonchev–Trinajstić information content (AvgIpc) is 3.53. The number of fused-ring (bicyclic) bond motifs is 1. The molecular formula is C24H23N5O3S. The lowest BCUT2D eigenvalue weighted by atomic mass is 9.98. The molecule has 1 saturated heterocycles. The number of anilines is 1. The number of piperazine rings is 1. The van der Waals surface area contributed by atoms with E-state index in [1.807, 2.05) is 36.6 Å². The molecule has 1 unspecified atom stereocenters. The Morgan fingerprint density at radius 3 is 2.61 bits per heavy atom. The van der Waals surface area contributed by atoms with E-state index in [2.05, 4.69) is 15.3 Å². The van der Waals surface area contributed by atoms with Gasteiger partial charge in [-0.1, -0.05) is 18.2 Å². The maximum absolute atomic E-state index is 13.2. The van der Waals surface area contributed by atoms with Crippen LogP contribution < -0.4 is 5.32 Å². The summed E-state index contributed by atoms with van der Waals surface area (Å²) in [7, 11) is 0. The number of carbonyl (C=O) groups is 3. The fraction of sp³-hybridized carbons (Fsp3) is 0.292. The second-order valence-corrected chi connectivity index (χ2v) is 9.11. The third kappa shape index (κ3) is 3.89. The third-order valence-corrected chi connectivity index (χ3v) is 6.99. The fourth-order valence-corrected chi connectivity index (χ4v) is 5.15. The Hall–Kier alpha value is -3.59. The minimum atomic E-state index is -0.636. The summed E-state index contributed by atoms with van der Waals surface area (Å²) >= 11 is 1.51. The molecule has 33 heavy (non-hydrogen) atoms. The zero-order valence-electron chi connectivity index (χ0n) is 18.1. The number of nitrogens with one attached hydrogen (secondary N) is 1. The standard InChI is InChI=1S/C24H23N5O3S/c1-15-14-28(23(31)16-5-3-2-4-6-16)10-11-29(15)24(32)21(30)18-13-27-19-17(7-8-25-20(18)19)22-26-9-12-33-22/h2-9,12,15,18,27H,10-11,13-14H2,1H3/t15-,18?/m1/s1. The number of pyridine rings is 1. The van der Waals surface area contributed by atoms with Crippen molar-refractivity contribution in [2.45, 2.75) is 18.9 Å². The van der Waals surface area contributed by atoms with Crippen LogP contribution in [-0.4, -0.2) is 69.6 Å². The fourth-order valence-electron chi connectivity index (χ4n) is 4.48. The molecule has 1 aromatic carbocycles. The molecule has 2 amide bonds. The molecule has 0 aliphatic carbocycles. The number of hydrogen-bond donors (Lipinski definition) is 1. The summed E-state index contributed by atoms with van der Waals surface area (Å²) in [6.07, 6.45) is 3.39. The molecule has 168 valence electrons. The third-order valence-electron chi connectivity index (χ3n) is 6.18. The molecule has 0 bridgehead atoms. The largest absolute Gasteiger partial charge is 0.382 e. The molecule has 0 radical (unpaired) electrons. The van der Waals surface area contributed by atoms with Gasteiger partial charge in [-0.3, -0.25) is 19.4 Å². The van der Waals surface area contributed by atoms with Gasteiger partial charge in [-0.05, 0) is 25.1 Å². The first kappa shape index (κ1) is 21.3. The molecule has 2 aromatic heterocycles. The number of nitrogens with zero attached hydrogens (tertiary/aromatic N) is 4. The van der Waals surface area contributed by atoms with E-state index in [1.54, 1.807) is 34.3 Å². The summed E-state index contributed by atoms with van der Waals surface area (Å²) in [6.45, 7) is 3.30. The van der Waals surface area contributed by atoms with E-state index >= 15 is 0 Å². The zero-order valence-corrected chi connectivity index (χ0v) is 18.9. The number of thiazole rings is 1. The number of ketones is 1. The molecule has 2 aliphatic rings. The Kier molecular flexibility index (Phi) is 5.63. The SMILES string of the molecule is C[C@@H]1CN(C(=O)c2ccccc2)CCN1C(=O)C(=O)C1CNc2c(-c3nccs3)ccnc21. The highest BCUT2D eigenvalue weighted by atomic mass is 32.1. The predicted octanol–water partition coefficient (Wildman–Crippen LogP) is 2.66. The molecule has 3 aromatic rings. The van der Waals surface area contributed by atoms with Gasteiger partial charge in [0.15, 0.2) is 0 Å². The molecule has 2 aliphatic heterocycles. The number of Topliss-reactive ketones (excluding diaryl/α,β-unsaturated/α-hetero) is 1. The highest BCUT2D eigenvalue weighted by Gasteiger charge is 2.40. The summed E-state index contributed by atoms with van der Waals surface area (Å²) in [4.78, 5) is 51.3. The smallest absolute Gasteiger partial charge is 0.291 e. The number of hydrogen-bond acceptors (Lipinski definition) is 7. The van der Waals surface area contributed by atoms with Gasteiger partial charge in [0.1, 0.15) is 5.01 Å². The van der Waals surface area contributed by atoms with Crippen LogP contribution in [0.4, 0.5) is 5.69 Å². The lowest BCUT2D eigenvalue weighted by molar-refractivity contribution is -0.148. The van der Waals surface area contributed by atoms with Crippen LogP contribution in [0, 0.1) is 0 Å². The van der Waals surface area contributed by atoms with Gasteiger partial charge in [0, 0.05) is 61.1 Å². The Morgan fingerprint density at radius 1 is 1.06 bits per heavy atom. The van der Waals surface area contributed by atoms with E-state index in [1.165, 1.54) is 11.3 Å². The van der Waals surface area contributed by atoms with Crippen LogP contribution in [-0.2, 0) is 9.59 Å². The van der Waals surface area contributed by atoms with Crippen molar-refractivity contribution in [3.8, 4) is 10.6 Å². The minimum Gasteiger partial charge on any atom is -0.382 e. The lowest BCUT2D eigenvalue weighted by Gasteiger charge is -2.39. The van der Waals surface area contributed by atoms with Crippen LogP contribution in [0.5, 0.6) is 0 Å². The predicted molar refractivity (Wildman–Crippen MR) is 125 cm³/mol. The maximum Gasteiger partial charge on any atom is 0.291 e. The van der Waals surface area contributed by atoms with Gasteiger partial charge < -0.3 is 15.1 Å². The Bertz CT molecular complexity index is 1200. The topological polar surface area (TPSA) is 95.5 Å². The van der Waals surface area contributed by atoms with Crippen LogP contribution in [0.15, 0.2) is 54.2 Å². The Balaban J connectivity index is 1.29. The molecule has 5 rings (SSSR count). The van der Waals surface area contributed by atoms with Gasteiger partial charge in [0.05, 0.1) is 17.3 Å². The summed E-state index contributed by atoms with van der Waals surface area (Å²) < 4.78 is 0. The molecule has 0 spiro atoms. The number of amides is 2. The van der Waals surface area contributed by atoms with Crippen molar-refractivity contribution in [2.24, 2.45) is 0 Å². The molecule has 2 atom stereocenters. The maximum atomic E-state index is 13.2. The second kappa shape index (κ2) is 8.74. The first-order chi connectivity index (χ1) is 16.0. The van der Waals surface area contributed by atoms with Crippen LogP contribution in [0.3, 0.4) is 0 Å². The number of aromatic nitrogens is 2. The van der Waals surface area contributed by atoms with Crippen LogP contribution >= 0.6 is 11.3 Å². The van der Waals surface area contributed by atoms with Gasteiger partial charge in [0.2, 0.25) is 5.78 Å². The first-order valence-corrected chi connectivity index (χ1v) is 11.7. The molecule has 1 N–H and O–H groups in total. The summed E-state index contributed by atoms with van der Waals surface area (Å²) in [5.74, 6) is -1.69. The van der Waals surface area contributed by atoms with E-state index in [4.69, 9.17) is 0 Å². The lowest BCUT2D eigenvalue weighted by Crippen LogP contribution is -2.57. The first-order valence-electron chi connectivity index (χ1n) is 10.9.